The molecule has 1 aromatic heterocycles. The molecule has 0 saturated heterocycles. The number of aromatic nitrogens is 2. The fourth-order valence-electron chi connectivity index (χ4n) is 4.07. The lowest BCUT2D eigenvalue weighted by molar-refractivity contribution is -0.113. The van der Waals surface area contributed by atoms with Crippen LogP contribution >= 0.6 is 0 Å². The van der Waals surface area contributed by atoms with E-state index in [0.717, 1.165) is 33.5 Å². The Morgan fingerprint density at radius 2 is 1.71 bits per heavy atom. The monoisotopic (exact) mass is 410 g/mol. The third-order valence-corrected chi connectivity index (χ3v) is 5.59. The van der Waals surface area contributed by atoms with E-state index in [4.69, 9.17) is 4.98 Å². The summed E-state index contributed by atoms with van der Waals surface area (Å²) in [5, 5.41) is 16.1. The molecule has 154 valence electrons. The molecular weight excluding hydrogens is 388 g/mol. The predicted molar refractivity (Wildman–Crippen MR) is 122 cm³/mol. The van der Waals surface area contributed by atoms with Crippen molar-refractivity contribution in [3.05, 3.63) is 95.2 Å². The Hall–Kier alpha value is -4.06. The number of anilines is 2. The van der Waals surface area contributed by atoms with E-state index < -0.39 is 6.04 Å². The highest BCUT2D eigenvalue weighted by molar-refractivity contribution is 6.06. The van der Waals surface area contributed by atoms with E-state index in [1.165, 1.54) is 0 Å². The maximum atomic E-state index is 13.5. The Labute approximate surface area is 179 Å². The maximum absolute atomic E-state index is 13.5. The van der Waals surface area contributed by atoms with Gasteiger partial charge in [-0.15, -0.1) is 0 Å². The second-order valence-corrected chi connectivity index (χ2v) is 7.77. The Balaban J connectivity index is 1.65. The number of allylic oxidation sites excluding steroid dienone is 1. The van der Waals surface area contributed by atoms with Crippen LogP contribution in [-0.2, 0) is 4.79 Å². The van der Waals surface area contributed by atoms with Crippen molar-refractivity contribution >= 4 is 28.6 Å². The lowest BCUT2D eigenvalue weighted by Gasteiger charge is -2.30. The largest absolute Gasteiger partial charge is 0.508 e. The van der Waals surface area contributed by atoms with Crippen molar-refractivity contribution in [1.29, 1.82) is 0 Å². The molecule has 0 bridgehead atoms. The van der Waals surface area contributed by atoms with Gasteiger partial charge in [0.15, 0.2) is 0 Å². The minimum absolute atomic E-state index is 0.180. The number of imidazole rings is 1. The molecule has 0 unspecified atom stereocenters. The summed E-state index contributed by atoms with van der Waals surface area (Å²) in [6.45, 7) is 3.90. The molecule has 0 aliphatic carbocycles. The molecule has 0 radical (unpaired) electrons. The highest BCUT2D eigenvalue weighted by Crippen LogP contribution is 2.39. The number of carbonyl (C=O) groups is 1. The summed E-state index contributed by atoms with van der Waals surface area (Å²) in [6.07, 6.45) is 0. The number of aromatic hydroxyl groups is 1. The van der Waals surface area contributed by atoms with Gasteiger partial charge in [-0.2, -0.15) is 0 Å². The first-order valence-electron chi connectivity index (χ1n) is 10.1. The van der Waals surface area contributed by atoms with Gasteiger partial charge >= 0.3 is 0 Å². The van der Waals surface area contributed by atoms with Crippen molar-refractivity contribution in [2.75, 3.05) is 10.6 Å². The van der Waals surface area contributed by atoms with E-state index in [1.807, 2.05) is 79.1 Å². The molecule has 1 aliphatic heterocycles. The number of hydrogen-bond acceptors (Lipinski definition) is 4. The van der Waals surface area contributed by atoms with Crippen LogP contribution in [0.15, 0.2) is 84.1 Å². The van der Waals surface area contributed by atoms with Gasteiger partial charge in [0.2, 0.25) is 5.95 Å². The molecule has 1 atom stereocenters. The first kappa shape index (κ1) is 18.9. The summed E-state index contributed by atoms with van der Waals surface area (Å²) in [7, 11) is 0. The predicted octanol–water partition coefficient (Wildman–Crippen LogP) is 4.98. The molecular formula is C25H22N4O2. The SMILES string of the molecule is CC1=C(C(=O)Nc2ccc(C)cc2)[C@H](c2ccc(O)cc2)n2c(nc3ccccc32)N1. The lowest BCUT2D eigenvalue weighted by Crippen LogP contribution is -2.30. The van der Waals surface area contributed by atoms with Crippen molar-refractivity contribution in [3.63, 3.8) is 0 Å². The average molecular weight is 410 g/mol. The topological polar surface area (TPSA) is 79.2 Å². The molecule has 4 aromatic rings. The molecule has 5 rings (SSSR count). The third kappa shape index (κ3) is 3.32. The van der Waals surface area contributed by atoms with Gasteiger partial charge in [0.1, 0.15) is 5.75 Å². The van der Waals surface area contributed by atoms with Crippen LogP contribution in [0, 0.1) is 6.92 Å². The van der Waals surface area contributed by atoms with Crippen molar-refractivity contribution < 1.29 is 9.90 Å². The third-order valence-electron chi connectivity index (χ3n) is 5.59. The minimum Gasteiger partial charge on any atom is -0.508 e. The van der Waals surface area contributed by atoms with Gasteiger partial charge in [0, 0.05) is 11.4 Å². The van der Waals surface area contributed by atoms with Crippen LogP contribution in [0.25, 0.3) is 11.0 Å². The van der Waals surface area contributed by atoms with Crippen LogP contribution in [-0.4, -0.2) is 20.6 Å². The van der Waals surface area contributed by atoms with Crippen LogP contribution in [0.5, 0.6) is 5.75 Å². The van der Waals surface area contributed by atoms with Gasteiger partial charge in [0.05, 0.1) is 22.6 Å². The number of phenols is 1. The van der Waals surface area contributed by atoms with E-state index in [1.54, 1.807) is 12.1 Å². The number of carbonyl (C=O) groups excluding carboxylic acids is 1. The summed E-state index contributed by atoms with van der Waals surface area (Å²) in [4.78, 5) is 18.2. The average Bonchev–Trinajstić information content (AvgIpc) is 3.13. The standard InChI is InChI=1S/C25H22N4O2/c1-15-7-11-18(12-8-15)27-24(31)22-16(2)26-25-28-20-5-3-4-6-21(20)29(25)23(22)17-9-13-19(30)14-10-17/h3-14,23,30H,1-2H3,(H,26,28)(H,27,31)/t23-/m0/s1. The summed E-state index contributed by atoms with van der Waals surface area (Å²) in [6, 6.07) is 22.2. The number of hydrogen-bond donors (Lipinski definition) is 3. The number of para-hydroxylation sites is 2. The number of rotatable bonds is 3. The Kier molecular flexibility index (Phi) is 4.47. The summed E-state index contributed by atoms with van der Waals surface area (Å²) >= 11 is 0. The Morgan fingerprint density at radius 1 is 1.00 bits per heavy atom. The highest BCUT2D eigenvalue weighted by atomic mass is 16.3. The highest BCUT2D eigenvalue weighted by Gasteiger charge is 2.34. The zero-order valence-electron chi connectivity index (χ0n) is 17.3. The molecule has 6 nitrogen and oxygen atoms in total. The smallest absolute Gasteiger partial charge is 0.255 e. The number of nitrogens with one attached hydrogen (secondary N) is 2. The fourth-order valence-corrected chi connectivity index (χ4v) is 4.07. The van der Waals surface area contributed by atoms with Crippen LogP contribution in [0.2, 0.25) is 0 Å². The normalized spacial score (nSPS) is 15.5. The van der Waals surface area contributed by atoms with Crippen LogP contribution in [0.3, 0.4) is 0 Å². The minimum atomic E-state index is -0.394. The first-order valence-corrected chi connectivity index (χ1v) is 10.1. The number of fused-ring (bicyclic) bond motifs is 3. The fraction of sp³-hybridized carbons (Fsp3) is 0.120. The van der Waals surface area contributed by atoms with Crippen LogP contribution in [0.4, 0.5) is 11.6 Å². The molecule has 2 heterocycles. The lowest BCUT2D eigenvalue weighted by atomic mass is 9.94. The number of phenolic OH excluding ortho intramolecular Hbond substituents is 1. The van der Waals surface area contributed by atoms with Gasteiger partial charge in [-0.05, 0) is 55.8 Å². The number of amides is 1. The van der Waals surface area contributed by atoms with Crippen LogP contribution in [0.1, 0.15) is 24.1 Å². The maximum Gasteiger partial charge on any atom is 0.255 e. The second-order valence-electron chi connectivity index (χ2n) is 7.77. The van der Waals surface area contributed by atoms with Gasteiger partial charge in [-0.1, -0.05) is 42.0 Å². The van der Waals surface area contributed by atoms with Gasteiger partial charge in [0.25, 0.3) is 5.91 Å². The summed E-state index contributed by atoms with van der Waals surface area (Å²) < 4.78 is 2.04. The Morgan fingerprint density at radius 3 is 2.45 bits per heavy atom. The zero-order chi connectivity index (χ0) is 21.5. The number of aryl methyl sites for hydroxylation is 1. The number of benzene rings is 3. The first-order chi connectivity index (χ1) is 15.0. The second kappa shape index (κ2) is 7.32. The van der Waals surface area contributed by atoms with Crippen LogP contribution < -0.4 is 10.6 Å². The molecule has 1 aliphatic rings. The Bertz CT molecular complexity index is 1320. The zero-order valence-corrected chi connectivity index (χ0v) is 17.3. The molecule has 0 spiro atoms. The summed E-state index contributed by atoms with van der Waals surface area (Å²) in [5.41, 5.74) is 5.87. The van der Waals surface area contributed by atoms with Crippen molar-refractivity contribution in [2.45, 2.75) is 19.9 Å². The summed E-state index contributed by atoms with van der Waals surface area (Å²) in [5.74, 6) is 0.679. The molecule has 3 N–H and O–H groups in total. The molecule has 0 fully saturated rings. The van der Waals surface area contributed by atoms with E-state index in [2.05, 4.69) is 10.6 Å². The number of nitrogens with zero attached hydrogens (tertiary/aromatic N) is 2. The van der Waals surface area contributed by atoms with E-state index in [9.17, 15) is 9.90 Å². The van der Waals surface area contributed by atoms with Crippen molar-refractivity contribution in [2.24, 2.45) is 0 Å². The van der Waals surface area contributed by atoms with E-state index >= 15 is 0 Å². The molecule has 31 heavy (non-hydrogen) atoms. The van der Waals surface area contributed by atoms with Crippen molar-refractivity contribution in [1.82, 2.24) is 9.55 Å². The molecule has 1 amide bonds. The van der Waals surface area contributed by atoms with Gasteiger partial charge < -0.3 is 15.7 Å². The van der Waals surface area contributed by atoms with Gasteiger partial charge in [-0.25, -0.2) is 4.98 Å². The molecule has 6 heteroatoms. The quantitative estimate of drug-likeness (QED) is 0.445. The van der Waals surface area contributed by atoms with Crippen molar-refractivity contribution in [3.8, 4) is 5.75 Å². The molecule has 3 aromatic carbocycles. The molecule has 0 saturated carbocycles. The van der Waals surface area contributed by atoms with E-state index in [-0.39, 0.29) is 11.7 Å². The van der Waals surface area contributed by atoms with Gasteiger partial charge in [-0.3, -0.25) is 9.36 Å². The van der Waals surface area contributed by atoms with E-state index in [0.29, 0.717) is 11.5 Å².